The van der Waals surface area contributed by atoms with Crippen molar-refractivity contribution in [2.24, 2.45) is 0 Å². The summed E-state index contributed by atoms with van der Waals surface area (Å²) in [5.74, 6) is 0. The Kier molecular flexibility index (Phi) is 9.11. The predicted molar refractivity (Wildman–Crippen MR) is 280 cm³/mol. The molecule has 0 amide bonds. The van der Waals surface area contributed by atoms with Gasteiger partial charge in [0.2, 0.25) is 0 Å². The van der Waals surface area contributed by atoms with Crippen molar-refractivity contribution < 1.29 is 4.42 Å². The lowest BCUT2D eigenvalue weighted by atomic mass is 9.67. The molecule has 2 nitrogen and oxygen atoms in total. The van der Waals surface area contributed by atoms with Crippen LogP contribution in [0.4, 0.5) is 17.1 Å². The van der Waals surface area contributed by atoms with E-state index in [1.54, 1.807) is 0 Å². The highest BCUT2D eigenvalue weighted by Crippen LogP contribution is 2.58. The number of furan rings is 1. The van der Waals surface area contributed by atoms with Gasteiger partial charge in [0.15, 0.2) is 0 Å². The van der Waals surface area contributed by atoms with E-state index < -0.39 is 5.41 Å². The Morgan fingerprint density at radius 2 is 0.866 bits per heavy atom. The fraction of sp³-hybridized carbons (Fsp3) is 0.0154. The summed E-state index contributed by atoms with van der Waals surface area (Å²) in [6, 6.07) is 95.0. The first-order valence-electron chi connectivity index (χ1n) is 23.1. The monoisotopic (exact) mass is 853 g/mol. The van der Waals surface area contributed by atoms with Gasteiger partial charge in [-0.2, -0.15) is 0 Å². The molecule has 0 aliphatic heterocycles. The van der Waals surface area contributed by atoms with Gasteiger partial charge in [-0.05, 0) is 97.6 Å². The molecular formula is C65H43NO. The average Bonchev–Trinajstić information content (AvgIpc) is 3.94. The molecule has 0 radical (unpaired) electrons. The molecule has 12 aromatic rings. The van der Waals surface area contributed by atoms with Crippen LogP contribution in [-0.4, -0.2) is 0 Å². The van der Waals surface area contributed by atoms with Gasteiger partial charge in [-0.1, -0.05) is 224 Å². The van der Waals surface area contributed by atoms with Crippen molar-refractivity contribution in [3.05, 3.63) is 283 Å². The Balaban J connectivity index is 1.12. The molecule has 314 valence electrons. The van der Waals surface area contributed by atoms with Gasteiger partial charge in [0.05, 0.1) is 16.8 Å². The van der Waals surface area contributed by atoms with Gasteiger partial charge in [-0.15, -0.1) is 0 Å². The van der Waals surface area contributed by atoms with E-state index in [1.165, 1.54) is 44.5 Å². The Morgan fingerprint density at radius 3 is 1.61 bits per heavy atom. The molecule has 0 unspecified atom stereocenters. The van der Waals surface area contributed by atoms with Gasteiger partial charge in [0.25, 0.3) is 0 Å². The predicted octanol–water partition coefficient (Wildman–Crippen LogP) is 17.6. The molecule has 0 atom stereocenters. The van der Waals surface area contributed by atoms with Crippen LogP contribution in [-0.2, 0) is 5.41 Å². The summed E-state index contributed by atoms with van der Waals surface area (Å²) in [5, 5.41) is 4.34. The van der Waals surface area contributed by atoms with Crippen molar-refractivity contribution in [3.63, 3.8) is 0 Å². The number of benzene rings is 11. The second-order valence-electron chi connectivity index (χ2n) is 17.5. The number of anilines is 3. The Labute approximate surface area is 390 Å². The van der Waals surface area contributed by atoms with Gasteiger partial charge in [-0.3, -0.25) is 0 Å². The molecule has 0 fully saturated rings. The lowest BCUT2D eigenvalue weighted by Gasteiger charge is -2.35. The smallest absolute Gasteiger partial charge is 0.143 e. The van der Waals surface area contributed by atoms with Crippen molar-refractivity contribution in [2.45, 2.75) is 5.41 Å². The van der Waals surface area contributed by atoms with Crippen LogP contribution in [0.15, 0.2) is 265 Å². The Morgan fingerprint density at radius 1 is 0.313 bits per heavy atom. The van der Waals surface area contributed by atoms with E-state index >= 15 is 0 Å². The summed E-state index contributed by atoms with van der Waals surface area (Å²) in [5.41, 5.74) is 18.9. The molecule has 67 heavy (non-hydrogen) atoms. The second-order valence-corrected chi connectivity index (χ2v) is 17.5. The van der Waals surface area contributed by atoms with Crippen LogP contribution in [0, 0.1) is 0 Å². The number of hydrogen-bond acceptors (Lipinski definition) is 2. The number of hydrogen-bond donors (Lipinski definition) is 0. The van der Waals surface area contributed by atoms with Gasteiger partial charge in [0, 0.05) is 32.8 Å². The van der Waals surface area contributed by atoms with E-state index in [-0.39, 0.29) is 0 Å². The third-order valence-electron chi connectivity index (χ3n) is 13.9. The standard InChI is InChI=1S/C65H43NO/c1-5-21-44(22-6-1)46-25-19-26-47(41-46)52-35-20-38-62-63(52)57-43-61(55-33-13-14-34-56(55)64(57)67-62)66(60-37-18-16-31-51(60)45-23-7-2-8-24-45)50-39-40-54-53-32-15-17-36-58(53)65(59(54)42-50,48-27-9-3-10-28-48)49-29-11-4-12-30-49/h1-43H. The molecule has 0 N–H and O–H groups in total. The summed E-state index contributed by atoms with van der Waals surface area (Å²) < 4.78 is 6.99. The van der Waals surface area contributed by atoms with Crippen LogP contribution in [0.1, 0.15) is 22.3 Å². The molecule has 1 heterocycles. The topological polar surface area (TPSA) is 16.4 Å². The third-order valence-corrected chi connectivity index (χ3v) is 13.9. The number of fused-ring (bicyclic) bond motifs is 8. The normalized spacial score (nSPS) is 12.6. The minimum atomic E-state index is -0.564. The maximum Gasteiger partial charge on any atom is 0.143 e. The summed E-state index contributed by atoms with van der Waals surface area (Å²) in [4.78, 5) is 2.51. The van der Waals surface area contributed by atoms with Crippen molar-refractivity contribution in [1.29, 1.82) is 0 Å². The van der Waals surface area contributed by atoms with Crippen molar-refractivity contribution in [2.75, 3.05) is 4.90 Å². The number of para-hydroxylation sites is 1. The zero-order valence-corrected chi connectivity index (χ0v) is 36.7. The van der Waals surface area contributed by atoms with E-state index in [0.717, 1.165) is 72.0 Å². The molecule has 13 rings (SSSR count). The second kappa shape index (κ2) is 15.8. The summed E-state index contributed by atoms with van der Waals surface area (Å²) in [6.07, 6.45) is 0. The highest BCUT2D eigenvalue weighted by Gasteiger charge is 2.46. The van der Waals surface area contributed by atoms with E-state index in [2.05, 4.69) is 266 Å². The lowest BCUT2D eigenvalue weighted by molar-refractivity contribution is 0.673. The minimum Gasteiger partial charge on any atom is -0.455 e. The molecule has 1 aromatic heterocycles. The van der Waals surface area contributed by atoms with E-state index in [0.29, 0.717) is 0 Å². The highest BCUT2D eigenvalue weighted by molar-refractivity contribution is 6.23. The first-order chi connectivity index (χ1) is 33.3. The van der Waals surface area contributed by atoms with E-state index in [4.69, 9.17) is 4.42 Å². The van der Waals surface area contributed by atoms with Gasteiger partial charge in [-0.25, -0.2) is 0 Å². The van der Waals surface area contributed by atoms with E-state index in [1.807, 2.05) is 0 Å². The molecule has 1 aliphatic carbocycles. The quantitative estimate of drug-likeness (QED) is 0.151. The van der Waals surface area contributed by atoms with Crippen LogP contribution in [0.5, 0.6) is 0 Å². The van der Waals surface area contributed by atoms with Gasteiger partial charge >= 0.3 is 0 Å². The first kappa shape index (κ1) is 38.7. The zero-order chi connectivity index (χ0) is 44.3. The van der Waals surface area contributed by atoms with Crippen LogP contribution in [0.2, 0.25) is 0 Å². The van der Waals surface area contributed by atoms with Crippen LogP contribution in [0.3, 0.4) is 0 Å². The Bertz CT molecular complexity index is 3760. The van der Waals surface area contributed by atoms with Gasteiger partial charge in [0.1, 0.15) is 11.2 Å². The molecule has 0 bridgehead atoms. The molecule has 11 aromatic carbocycles. The summed E-state index contributed by atoms with van der Waals surface area (Å²) in [7, 11) is 0. The minimum absolute atomic E-state index is 0.564. The highest BCUT2D eigenvalue weighted by atomic mass is 16.3. The fourth-order valence-corrected chi connectivity index (χ4v) is 11.1. The number of nitrogens with zero attached hydrogens (tertiary/aromatic N) is 1. The molecule has 0 spiro atoms. The largest absolute Gasteiger partial charge is 0.455 e. The van der Waals surface area contributed by atoms with Crippen LogP contribution < -0.4 is 4.90 Å². The maximum atomic E-state index is 6.99. The molecule has 2 heteroatoms. The third kappa shape index (κ3) is 6.11. The van der Waals surface area contributed by atoms with Crippen LogP contribution >= 0.6 is 0 Å². The molecular weight excluding hydrogens is 811 g/mol. The van der Waals surface area contributed by atoms with Crippen molar-refractivity contribution in [1.82, 2.24) is 0 Å². The maximum absolute atomic E-state index is 6.99. The SMILES string of the molecule is c1ccc(-c2cccc(-c3cccc4oc5c6ccccc6c(N(c6ccc7c(c6)C(c6ccccc6)(c6ccccc6)c6ccccc6-7)c6ccccc6-c6ccccc6)cc5c34)c2)cc1. The Hall–Kier alpha value is -8.72. The molecule has 0 saturated carbocycles. The van der Waals surface area contributed by atoms with Gasteiger partial charge < -0.3 is 9.32 Å². The fourth-order valence-electron chi connectivity index (χ4n) is 11.1. The van der Waals surface area contributed by atoms with Crippen LogP contribution in [0.25, 0.3) is 77.2 Å². The van der Waals surface area contributed by atoms with Crippen molar-refractivity contribution >= 4 is 49.8 Å². The summed E-state index contributed by atoms with van der Waals surface area (Å²) >= 11 is 0. The lowest BCUT2D eigenvalue weighted by Crippen LogP contribution is -2.28. The van der Waals surface area contributed by atoms with E-state index in [9.17, 15) is 0 Å². The zero-order valence-electron chi connectivity index (χ0n) is 36.7. The van der Waals surface area contributed by atoms with Crippen molar-refractivity contribution in [3.8, 4) is 44.5 Å². The molecule has 1 aliphatic rings. The summed E-state index contributed by atoms with van der Waals surface area (Å²) in [6.45, 7) is 0. The number of rotatable bonds is 8. The average molecular weight is 854 g/mol. The molecule has 0 saturated heterocycles. The first-order valence-corrected chi connectivity index (χ1v) is 23.1.